The Morgan fingerprint density at radius 3 is 2.50 bits per heavy atom. The summed E-state index contributed by atoms with van der Waals surface area (Å²) in [6.45, 7) is 3.44. The molecule has 0 aromatic heterocycles. The normalized spacial score (nSPS) is 27.6. The monoisotopic (exact) mass is 194 g/mol. The van der Waals surface area contributed by atoms with E-state index in [0.29, 0.717) is 6.42 Å². The number of rotatable bonds is 4. The van der Waals surface area contributed by atoms with E-state index in [9.17, 15) is 0 Å². The standard InChI is InChI=1S/C12H22N2/c1-11-5-7-12(8-6-11)14(2)10-4-3-9-13/h11-12H,3-8,10H2,1-2H3. The Kier molecular flexibility index (Phi) is 4.97. The van der Waals surface area contributed by atoms with E-state index < -0.39 is 0 Å². The molecule has 2 heteroatoms. The molecule has 0 amide bonds. The van der Waals surface area contributed by atoms with Crippen LogP contribution in [0.3, 0.4) is 0 Å². The van der Waals surface area contributed by atoms with Gasteiger partial charge in [-0.25, -0.2) is 0 Å². The van der Waals surface area contributed by atoms with Crippen molar-refractivity contribution in [1.29, 1.82) is 5.26 Å². The summed E-state index contributed by atoms with van der Waals surface area (Å²) in [7, 11) is 2.21. The molecular formula is C12H22N2. The molecule has 1 aliphatic rings. The van der Waals surface area contributed by atoms with Crippen molar-refractivity contribution in [2.45, 2.75) is 51.5 Å². The van der Waals surface area contributed by atoms with Crippen molar-refractivity contribution >= 4 is 0 Å². The quantitative estimate of drug-likeness (QED) is 0.643. The van der Waals surface area contributed by atoms with Crippen LogP contribution in [0.5, 0.6) is 0 Å². The number of nitrogens with zero attached hydrogens (tertiary/aromatic N) is 2. The minimum atomic E-state index is 0.702. The molecule has 0 radical (unpaired) electrons. The van der Waals surface area contributed by atoms with Crippen molar-refractivity contribution in [3.8, 4) is 6.07 Å². The van der Waals surface area contributed by atoms with Crippen LogP contribution < -0.4 is 0 Å². The van der Waals surface area contributed by atoms with Gasteiger partial charge >= 0.3 is 0 Å². The Morgan fingerprint density at radius 2 is 1.93 bits per heavy atom. The molecule has 0 N–H and O–H groups in total. The second-order valence-corrected chi connectivity index (χ2v) is 4.66. The SMILES string of the molecule is CC1CCC(N(C)CCCC#N)CC1. The summed E-state index contributed by atoms with van der Waals surface area (Å²) in [6.07, 6.45) is 7.20. The van der Waals surface area contributed by atoms with Gasteiger partial charge in [0.2, 0.25) is 0 Å². The predicted molar refractivity (Wildman–Crippen MR) is 58.9 cm³/mol. The van der Waals surface area contributed by atoms with Crippen LogP contribution in [0.2, 0.25) is 0 Å². The van der Waals surface area contributed by atoms with E-state index in [1.54, 1.807) is 0 Å². The number of hydrogen-bond acceptors (Lipinski definition) is 2. The summed E-state index contributed by atoms with van der Waals surface area (Å²) in [5.74, 6) is 0.929. The lowest BCUT2D eigenvalue weighted by molar-refractivity contribution is 0.169. The summed E-state index contributed by atoms with van der Waals surface area (Å²) in [5.41, 5.74) is 0. The third kappa shape index (κ3) is 3.67. The van der Waals surface area contributed by atoms with Gasteiger partial charge in [-0.3, -0.25) is 0 Å². The Labute approximate surface area is 87.9 Å². The van der Waals surface area contributed by atoms with Crippen LogP contribution in [0, 0.1) is 17.2 Å². The van der Waals surface area contributed by atoms with E-state index in [-0.39, 0.29) is 0 Å². The molecule has 1 aliphatic carbocycles. The smallest absolute Gasteiger partial charge is 0.0622 e. The zero-order valence-electron chi connectivity index (χ0n) is 9.50. The number of hydrogen-bond donors (Lipinski definition) is 0. The van der Waals surface area contributed by atoms with Crippen molar-refractivity contribution in [3.63, 3.8) is 0 Å². The molecule has 0 spiro atoms. The maximum atomic E-state index is 8.46. The van der Waals surface area contributed by atoms with Gasteiger partial charge in [0.15, 0.2) is 0 Å². The summed E-state index contributed by atoms with van der Waals surface area (Å²) in [6, 6.07) is 2.99. The Bertz CT molecular complexity index is 187. The molecule has 0 atom stereocenters. The Hall–Kier alpha value is -0.550. The second-order valence-electron chi connectivity index (χ2n) is 4.66. The lowest BCUT2D eigenvalue weighted by atomic mass is 9.87. The summed E-state index contributed by atoms with van der Waals surface area (Å²) in [4.78, 5) is 2.45. The van der Waals surface area contributed by atoms with Crippen LogP contribution in [-0.2, 0) is 0 Å². The minimum absolute atomic E-state index is 0.702. The molecule has 0 bridgehead atoms. The van der Waals surface area contributed by atoms with Gasteiger partial charge in [0.1, 0.15) is 0 Å². The number of nitriles is 1. The van der Waals surface area contributed by atoms with E-state index in [0.717, 1.165) is 24.9 Å². The van der Waals surface area contributed by atoms with Crippen LogP contribution in [0.4, 0.5) is 0 Å². The van der Waals surface area contributed by atoms with Crippen LogP contribution >= 0.6 is 0 Å². The topological polar surface area (TPSA) is 27.0 Å². The fourth-order valence-electron chi connectivity index (χ4n) is 2.27. The van der Waals surface area contributed by atoms with Crippen molar-refractivity contribution in [3.05, 3.63) is 0 Å². The fraction of sp³-hybridized carbons (Fsp3) is 0.917. The highest BCUT2D eigenvalue weighted by molar-refractivity contribution is 4.77. The van der Waals surface area contributed by atoms with Crippen molar-refractivity contribution in [2.75, 3.05) is 13.6 Å². The van der Waals surface area contributed by atoms with Gasteiger partial charge in [-0.1, -0.05) is 6.92 Å². The number of unbranched alkanes of at least 4 members (excludes halogenated alkanes) is 1. The summed E-state index contributed by atoms with van der Waals surface area (Å²) < 4.78 is 0. The molecule has 1 rings (SSSR count). The minimum Gasteiger partial charge on any atom is -0.303 e. The van der Waals surface area contributed by atoms with Gasteiger partial charge in [0, 0.05) is 12.5 Å². The van der Waals surface area contributed by atoms with E-state index in [1.165, 1.54) is 25.7 Å². The third-order valence-electron chi connectivity index (χ3n) is 3.41. The average Bonchev–Trinajstić information content (AvgIpc) is 2.19. The van der Waals surface area contributed by atoms with Crippen LogP contribution in [0.25, 0.3) is 0 Å². The average molecular weight is 194 g/mol. The zero-order valence-corrected chi connectivity index (χ0v) is 9.50. The lowest BCUT2D eigenvalue weighted by Gasteiger charge is -2.33. The first kappa shape index (κ1) is 11.5. The second kappa shape index (κ2) is 6.03. The molecule has 80 valence electrons. The molecule has 1 saturated carbocycles. The largest absolute Gasteiger partial charge is 0.303 e. The van der Waals surface area contributed by atoms with Crippen LogP contribution in [0.15, 0.2) is 0 Å². The van der Waals surface area contributed by atoms with Crippen LogP contribution in [-0.4, -0.2) is 24.5 Å². The van der Waals surface area contributed by atoms with Crippen molar-refractivity contribution in [1.82, 2.24) is 4.90 Å². The molecule has 0 unspecified atom stereocenters. The van der Waals surface area contributed by atoms with E-state index in [1.807, 2.05) is 0 Å². The summed E-state index contributed by atoms with van der Waals surface area (Å²) in [5, 5.41) is 8.46. The van der Waals surface area contributed by atoms with Gasteiger partial charge in [-0.2, -0.15) is 5.26 Å². The highest BCUT2D eigenvalue weighted by atomic mass is 15.1. The Balaban J connectivity index is 2.17. The van der Waals surface area contributed by atoms with Crippen molar-refractivity contribution < 1.29 is 0 Å². The van der Waals surface area contributed by atoms with E-state index >= 15 is 0 Å². The molecule has 14 heavy (non-hydrogen) atoms. The molecular weight excluding hydrogens is 172 g/mol. The van der Waals surface area contributed by atoms with Crippen molar-refractivity contribution in [2.24, 2.45) is 5.92 Å². The maximum Gasteiger partial charge on any atom is 0.0622 e. The molecule has 0 heterocycles. The molecule has 0 aromatic rings. The molecule has 0 aliphatic heterocycles. The molecule has 0 saturated heterocycles. The van der Waals surface area contributed by atoms with Gasteiger partial charge in [-0.05, 0) is 51.6 Å². The molecule has 1 fully saturated rings. The van der Waals surface area contributed by atoms with Gasteiger partial charge in [0.05, 0.1) is 6.07 Å². The Morgan fingerprint density at radius 1 is 1.29 bits per heavy atom. The maximum absolute atomic E-state index is 8.46. The molecule has 0 aromatic carbocycles. The fourth-order valence-corrected chi connectivity index (χ4v) is 2.27. The third-order valence-corrected chi connectivity index (χ3v) is 3.41. The van der Waals surface area contributed by atoms with Crippen LogP contribution in [0.1, 0.15) is 45.4 Å². The summed E-state index contributed by atoms with van der Waals surface area (Å²) >= 11 is 0. The first-order chi connectivity index (χ1) is 6.74. The predicted octanol–water partition coefficient (Wildman–Crippen LogP) is 2.80. The zero-order chi connectivity index (χ0) is 10.4. The molecule has 2 nitrogen and oxygen atoms in total. The highest BCUT2D eigenvalue weighted by Gasteiger charge is 2.20. The van der Waals surface area contributed by atoms with Gasteiger partial charge < -0.3 is 4.90 Å². The lowest BCUT2D eigenvalue weighted by Crippen LogP contribution is -2.35. The van der Waals surface area contributed by atoms with Gasteiger partial charge in [0.25, 0.3) is 0 Å². The highest BCUT2D eigenvalue weighted by Crippen LogP contribution is 2.26. The van der Waals surface area contributed by atoms with E-state index in [2.05, 4.69) is 24.9 Å². The first-order valence-corrected chi connectivity index (χ1v) is 5.81. The van der Waals surface area contributed by atoms with E-state index in [4.69, 9.17) is 5.26 Å². The van der Waals surface area contributed by atoms with Gasteiger partial charge in [-0.15, -0.1) is 0 Å². The first-order valence-electron chi connectivity index (χ1n) is 5.81.